The molecule has 0 aliphatic carbocycles. The van der Waals surface area contributed by atoms with Gasteiger partial charge in [0, 0.05) is 17.7 Å². The summed E-state index contributed by atoms with van der Waals surface area (Å²) >= 11 is 0. The van der Waals surface area contributed by atoms with Crippen LogP contribution in [0.4, 0.5) is 0 Å². The Morgan fingerprint density at radius 1 is 1.37 bits per heavy atom. The molecule has 106 valence electrons. The van der Waals surface area contributed by atoms with Gasteiger partial charge in [-0.25, -0.2) is 0 Å². The number of unbranched alkanes of at least 4 members (excludes halogenated alkanes) is 1. The lowest BCUT2D eigenvalue weighted by Crippen LogP contribution is -2.29. The van der Waals surface area contributed by atoms with Crippen molar-refractivity contribution in [1.29, 1.82) is 0 Å². The first-order valence-corrected chi connectivity index (χ1v) is 7.16. The van der Waals surface area contributed by atoms with Crippen molar-refractivity contribution in [3.05, 3.63) is 29.3 Å². The van der Waals surface area contributed by atoms with E-state index in [9.17, 15) is 9.90 Å². The molecule has 1 atom stereocenters. The van der Waals surface area contributed by atoms with E-state index in [2.05, 4.69) is 19.2 Å². The number of amides is 1. The number of benzene rings is 1. The zero-order valence-corrected chi connectivity index (χ0v) is 12.2. The van der Waals surface area contributed by atoms with E-state index < -0.39 is 0 Å². The molecule has 0 fully saturated rings. The maximum absolute atomic E-state index is 12.1. The predicted octanol–water partition coefficient (Wildman–Crippen LogP) is 3.65. The minimum absolute atomic E-state index is 0.0941. The summed E-state index contributed by atoms with van der Waals surface area (Å²) < 4.78 is 0. The normalized spacial score (nSPS) is 12.2. The summed E-state index contributed by atoms with van der Waals surface area (Å²) in [5, 5.41) is 12.6. The highest BCUT2D eigenvalue weighted by molar-refractivity contribution is 5.96. The second-order valence-electron chi connectivity index (χ2n) is 5.08. The van der Waals surface area contributed by atoms with E-state index in [1.165, 1.54) is 12.8 Å². The lowest BCUT2D eigenvalue weighted by atomic mass is 9.99. The first-order valence-electron chi connectivity index (χ1n) is 7.16. The van der Waals surface area contributed by atoms with Gasteiger partial charge in [-0.05, 0) is 31.4 Å². The number of phenols is 1. The first-order chi connectivity index (χ1) is 9.10. The van der Waals surface area contributed by atoms with Crippen LogP contribution in [0.15, 0.2) is 18.2 Å². The van der Waals surface area contributed by atoms with Crippen molar-refractivity contribution < 1.29 is 9.90 Å². The fourth-order valence-corrected chi connectivity index (χ4v) is 2.15. The molecule has 0 heterocycles. The van der Waals surface area contributed by atoms with Crippen LogP contribution in [0.3, 0.4) is 0 Å². The van der Waals surface area contributed by atoms with Gasteiger partial charge in [0.05, 0.1) is 0 Å². The Kier molecular flexibility index (Phi) is 6.40. The molecule has 0 aliphatic heterocycles. The van der Waals surface area contributed by atoms with Gasteiger partial charge in [0.15, 0.2) is 0 Å². The average molecular weight is 263 g/mol. The Labute approximate surface area is 116 Å². The lowest BCUT2D eigenvalue weighted by molar-refractivity contribution is 0.0944. The number of carbonyl (C=O) groups excluding carboxylic acids is 1. The second kappa shape index (κ2) is 7.82. The van der Waals surface area contributed by atoms with Crippen LogP contribution in [0.5, 0.6) is 5.75 Å². The van der Waals surface area contributed by atoms with Crippen molar-refractivity contribution in [2.75, 3.05) is 6.54 Å². The predicted molar refractivity (Wildman–Crippen MR) is 78.5 cm³/mol. The standard InChI is InChI=1S/C16H25NO2/c1-4-6-8-13(5-2)11-17-16(19)14-9-7-10-15(18)12(14)3/h7,9-10,13,18H,4-6,8,11H2,1-3H3,(H,17,19). The van der Waals surface area contributed by atoms with Crippen molar-refractivity contribution >= 4 is 5.91 Å². The monoisotopic (exact) mass is 263 g/mol. The topological polar surface area (TPSA) is 49.3 Å². The van der Waals surface area contributed by atoms with E-state index in [1.54, 1.807) is 25.1 Å². The molecule has 0 saturated heterocycles. The van der Waals surface area contributed by atoms with Gasteiger partial charge in [-0.1, -0.05) is 39.2 Å². The number of rotatable bonds is 7. The molecule has 0 bridgehead atoms. The summed E-state index contributed by atoms with van der Waals surface area (Å²) in [6, 6.07) is 5.05. The smallest absolute Gasteiger partial charge is 0.251 e. The maximum Gasteiger partial charge on any atom is 0.251 e. The number of nitrogens with one attached hydrogen (secondary N) is 1. The van der Waals surface area contributed by atoms with Crippen LogP contribution in [0.2, 0.25) is 0 Å². The molecular formula is C16H25NO2. The van der Waals surface area contributed by atoms with Gasteiger partial charge in [0.2, 0.25) is 0 Å². The Bertz CT molecular complexity index is 415. The van der Waals surface area contributed by atoms with Crippen molar-refractivity contribution in [3.63, 3.8) is 0 Å². The van der Waals surface area contributed by atoms with E-state index in [0.29, 0.717) is 23.6 Å². The lowest BCUT2D eigenvalue weighted by Gasteiger charge is -2.16. The van der Waals surface area contributed by atoms with Gasteiger partial charge >= 0.3 is 0 Å². The quantitative estimate of drug-likeness (QED) is 0.789. The average Bonchev–Trinajstić information content (AvgIpc) is 2.42. The van der Waals surface area contributed by atoms with Crippen molar-refractivity contribution in [2.24, 2.45) is 5.92 Å². The van der Waals surface area contributed by atoms with E-state index in [0.717, 1.165) is 12.8 Å². The molecule has 0 radical (unpaired) electrons. The summed E-state index contributed by atoms with van der Waals surface area (Å²) in [6.07, 6.45) is 4.64. The summed E-state index contributed by atoms with van der Waals surface area (Å²) in [4.78, 5) is 12.1. The highest BCUT2D eigenvalue weighted by Gasteiger charge is 2.13. The molecule has 0 spiro atoms. The fraction of sp³-hybridized carbons (Fsp3) is 0.562. The molecule has 19 heavy (non-hydrogen) atoms. The van der Waals surface area contributed by atoms with E-state index in [-0.39, 0.29) is 11.7 Å². The third-order valence-corrected chi connectivity index (χ3v) is 3.64. The Hall–Kier alpha value is -1.51. The van der Waals surface area contributed by atoms with Crippen LogP contribution in [-0.4, -0.2) is 17.6 Å². The Morgan fingerprint density at radius 3 is 2.74 bits per heavy atom. The van der Waals surface area contributed by atoms with Gasteiger partial charge in [-0.15, -0.1) is 0 Å². The fourth-order valence-electron chi connectivity index (χ4n) is 2.15. The molecule has 2 N–H and O–H groups in total. The molecule has 1 aromatic carbocycles. The summed E-state index contributed by atoms with van der Waals surface area (Å²) in [6.45, 7) is 6.82. The maximum atomic E-state index is 12.1. The summed E-state index contributed by atoms with van der Waals surface area (Å²) in [7, 11) is 0. The molecule has 1 unspecified atom stereocenters. The molecule has 3 heteroatoms. The molecule has 1 amide bonds. The van der Waals surface area contributed by atoms with Crippen LogP contribution in [0, 0.1) is 12.8 Å². The highest BCUT2D eigenvalue weighted by Crippen LogP contribution is 2.19. The van der Waals surface area contributed by atoms with Crippen LogP contribution in [-0.2, 0) is 0 Å². The minimum atomic E-state index is -0.0941. The van der Waals surface area contributed by atoms with Gasteiger partial charge < -0.3 is 10.4 Å². The molecular weight excluding hydrogens is 238 g/mol. The van der Waals surface area contributed by atoms with E-state index in [4.69, 9.17) is 0 Å². The molecule has 3 nitrogen and oxygen atoms in total. The molecule has 0 aliphatic rings. The number of hydrogen-bond acceptors (Lipinski definition) is 2. The van der Waals surface area contributed by atoms with E-state index in [1.807, 2.05) is 0 Å². The zero-order chi connectivity index (χ0) is 14.3. The van der Waals surface area contributed by atoms with Crippen LogP contribution in [0.1, 0.15) is 55.5 Å². The molecule has 1 aromatic rings. The SMILES string of the molecule is CCCCC(CC)CNC(=O)c1cccc(O)c1C. The van der Waals surface area contributed by atoms with Crippen LogP contribution in [0.25, 0.3) is 0 Å². The number of phenolic OH excluding ortho intramolecular Hbond substituents is 1. The number of aromatic hydroxyl groups is 1. The van der Waals surface area contributed by atoms with Crippen molar-refractivity contribution in [3.8, 4) is 5.75 Å². The molecule has 1 rings (SSSR count). The summed E-state index contributed by atoms with van der Waals surface area (Å²) in [5.74, 6) is 0.621. The molecule has 0 saturated carbocycles. The number of carbonyl (C=O) groups is 1. The van der Waals surface area contributed by atoms with Gasteiger partial charge in [-0.3, -0.25) is 4.79 Å². The van der Waals surface area contributed by atoms with Gasteiger partial charge in [0.1, 0.15) is 5.75 Å². The third kappa shape index (κ3) is 4.58. The number of hydrogen-bond donors (Lipinski definition) is 2. The Balaban J connectivity index is 2.57. The van der Waals surface area contributed by atoms with E-state index >= 15 is 0 Å². The second-order valence-corrected chi connectivity index (χ2v) is 5.08. The highest BCUT2D eigenvalue weighted by atomic mass is 16.3. The first kappa shape index (κ1) is 15.5. The molecule has 0 aromatic heterocycles. The van der Waals surface area contributed by atoms with Gasteiger partial charge in [0.25, 0.3) is 5.91 Å². The van der Waals surface area contributed by atoms with Crippen molar-refractivity contribution in [1.82, 2.24) is 5.32 Å². The summed E-state index contributed by atoms with van der Waals surface area (Å²) in [5.41, 5.74) is 1.20. The van der Waals surface area contributed by atoms with Gasteiger partial charge in [-0.2, -0.15) is 0 Å². The van der Waals surface area contributed by atoms with Crippen molar-refractivity contribution in [2.45, 2.75) is 46.5 Å². The van der Waals surface area contributed by atoms with Crippen LogP contribution < -0.4 is 5.32 Å². The third-order valence-electron chi connectivity index (χ3n) is 3.64. The largest absolute Gasteiger partial charge is 0.508 e. The Morgan fingerprint density at radius 2 is 2.11 bits per heavy atom. The van der Waals surface area contributed by atoms with Crippen LogP contribution >= 0.6 is 0 Å². The zero-order valence-electron chi connectivity index (χ0n) is 12.2. The minimum Gasteiger partial charge on any atom is -0.508 e.